The maximum Gasteiger partial charge on any atom is 0.339 e. The zero-order valence-electron chi connectivity index (χ0n) is 16.6. The van der Waals surface area contributed by atoms with Crippen molar-refractivity contribution in [1.82, 2.24) is 9.88 Å². The fraction of sp³-hybridized carbons (Fsp3) is 0.429. The maximum absolute atomic E-state index is 12.8. The molecule has 1 amide bonds. The van der Waals surface area contributed by atoms with Crippen molar-refractivity contribution in [3.8, 4) is 0 Å². The molecule has 7 heteroatoms. The molecule has 2 N–H and O–H groups in total. The maximum atomic E-state index is 12.8. The third-order valence-electron chi connectivity index (χ3n) is 4.99. The molecular weight excluding hydrogens is 358 g/mol. The van der Waals surface area contributed by atoms with Gasteiger partial charge >= 0.3 is 5.97 Å². The van der Waals surface area contributed by atoms with E-state index >= 15 is 0 Å². The van der Waals surface area contributed by atoms with E-state index in [2.05, 4.69) is 21.3 Å². The van der Waals surface area contributed by atoms with Crippen molar-refractivity contribution >= 4 is 17.6 Å². The number of ether oxygens (including phenoxy) is 2. The Balaban J connectivity index is 1.75. The van der Waals surface area contributed by atoms with Crippen LogP contribution in [0.4, 0.5) is 5.69 Å². The van der Waals surface area contributed by atoms with Crippen molar-refractivity contribution < 1.29 is 19.1 Å². The lowest BCUT2D eigenvalue weighted by Gasteiger charge is -2.26. The summed E-state index contributed by atoms with van der Waals surface area (Å²) in [5.41, 5.74) is 3.99. The molecule has 1 fully saturated rings. The minimum atomic E-state index is -0.433. The molecule has 7 nitrogen and oxygen atoms in total. The van der Waals surface area contributed by atoms with Crippen LogP contribution in [-0.4, -0.2) is 55.2 Å². The molecule has 1 aromatic carbocycles. The van der Waals surface area contributed by atoms with Crippen LogP contribution in [0.5, 0.6) is 0 Å². The number of carbonyl (C=O) groups is 2. The van der Waals surface area contributed by atoms with Gasteiger partial charge in [0.25, 0.3) is 5.91 Å². The Kier molecular flexibility index (Phi) is 6.49. The number of methoxy groups -OCH3 is 1. The molecule has 0 aliphatic carbocycles. The Labute approximate surface area is 165 Å². The van der Waals surface area contributed by atoms with Crippen molar-refractivity contribution in [2.75, 3.05) is 38.7 Å². The van der Waals surface area contributed by atoms with Gasteiger partial charge in [0.1, 0.15) is 5.69 Å². The number of hydrogen-bond acceptors (Lipinski definition) is 5. The van der Waals surface area contributed by atoms with Crippen LogP contribution in [0.15, 0.2) is 24.3 Å². The first-order valence-electron chi connectivity index (χ1n) is 9.53. The zero-order chi connectivity index (χ0) is 20.1. The Morgan fingerprint density at radius 2 is 2.04 bits per heavy atom. The molecule has 0 unspecified atom stereocenters. The molecule has 150 valence electrons. The SMILES string of the molecule is CCc1[nH]c(C(=O)Nc2cccc(CN3CCOCC3)c2)c(C)c1C(=O)OC. The summed E-state index contributed by atoms with van der Waals surface area (Å²) in [5.74, 6) is -0.706. The van der Waals surface area contributed by atoms with E-state index in [1.807, 2.05) is 25.1 Å². The fourth-order valence-corrected chi connectivity index (χ4v) is 3.49. The molecule has 28 heavy (non-hydrogen) atoms. The first-order valence-corrected chi connectivity index (χ1v) is 9.53. The minimum absolute atomic E-state index is 0.272. The summed E-state index contributed by atoms with van der Waals surface area (Å²) in [4.78, 5) is 30.3. The summed E-state index contributed by atoms with van der Waals surface area (Å²) in [6.45, 7) is 7.83. The highest BCUT2D eigenvalue weighted by Crippen LogP contribution is 2.22. The number of nitrogens with one attached hydrogen (secondary N) is 2. The van der Waals surface area contributed by atoms with Crippen molar-refractivity contribution in [2.24, 2.45) is 0 Å². The molecule has 2 aromatic rings. The number of benzene rings is 1. The van der Waals surface area contributed by atoms with Crippen LogP contribution in [0.2, 0.25) is 0 Å². The van der Waals surface area contributed by atoms with E-state index in [0.29, 0.717) is 28.9 Å². The van der Waals surface area contributed by atoms with E-state index in [4.69, 9.17) is 9.47 Å². The number of aromatic nitrogens is 1. The molecule has 1 aromatic heterocycles. The number of anilines is 1. The Morgan fingerprint density at radius 1 is 1.29 bits per heavy atom. The van der Waals surface area contributed by atoms with Crippen molar-refractivity contribution in [3.63, 3.8) is 0 Å². The minimum Gasteiger partial charge on any atom is -0.465 e. The fourth-order valence-electron chi connectivity index (χ4n) is 3.49. The summed E-state index contributed by atoms with van der Waals surface area (Å²) in [7, 11) is 1.34. The summed E-state index contributed by atoms with van der Waals surface area (Å²) in [6, 6.07) is 7.83. The predicted molar refractivity (Wildman–Crippen MR) is 107 cm³/mol. The molecule has 1 aliphatic heterocycles. The summed E-state index contributed by atoms with van der Waals surface area (Å²) in [5, 5.41) is 2.93. The van der Waals surface area contributed by atoms with Gasteiger partial charge in [-0.2, -0.15) is 0 Å². The quantitative estimate of drug-likeness (QED) is 0.747. The third-order valence-corrected chi connectivity index (χ3v) is 4.99. The van der Waals surface area contributed by atoms with Crippen molar-refractivity contribution in [1.29, 1.82) is 0 Å². The van der Waals surface area contributed by atoms with Gasteiger partial charge in [0.15, 0.2) is 0 Å². The monoisotopic (exact) mass is 385 g/mol. The average molecular weight is 385 g/mol. The molecule has 0 saturated carbocycles. The first kappa shape index (κ1) is 20.1. The normalized spacial score (nSPS) is 14.7. The molecule has 1 aliphatic rings. The van der Waals surface area contributed by atoms with Gasteiger partial charge in [-0.25, -0.2) is 4.79 Å². The number of nitrogens with zero attached hydrogens (tertiary/aromatic N) is 1. The Bertz CT molecular complexity index is 853. The van der Waals surface area contributed by atoms with Crippen LogP contribution in [0.3, 0.4) is 0 Å². The van der Waals surface area contributed by atoms with E-state index < -0.39 is 5.97 Å². The van der Waals surface area contributed by atoms with Gasteiger partial charge in [-0.15, -0.1) is 0 Å². The largest absolute Gasteiger partial charge is 0.465 e. The second-order valence-corrected chi connectivity index (χ2v) is 6.87. The van der Waals surface area contributed by atoms with E-state index in [0.717, 1.165) is 44.1 Å². The van der Waals surface area contributed by atoms with Crippen LogP contribution in [0.1, 0.15) is 44.6 Å². The van der Waals surface area contributed by atoms with Gasteiger partial charge in [-0.05, 0) is 36.6 Å². The number of aryl methyl sites for hydroxylation is 1. The van der Waals surface area contributed by atoms with Gasteiger partial charge in [-0.3, -0.25) is 9.69 Å². The number of hydrogen-bond donors (Lipinski definition) is 2. The number of carbonyl (C=O) groups excluding carboxylic acids is 2. The van der Waals surface area contributed by atoms with Gasteiger partial charge in [0.05, 0.1) is 25.9 Å². The lowest BCUT2D eigenvalue weighted by atomic mass is 10.1. The van der Waals surface area contributed by atoms with Gasteiger partial charge in [0, 0.05) is 31.0 Å². The molecule has 0 spiro atoms. The third kappa shape index (κ3) is 4.43. The van der Waals surface area contributed by atoms with E-state index in [-0.39, 0.29) is 5.91 Å². The van der Waals surface area contributed by atoms with E-state index in [9.17, 15) is 9.59 Å². The topological polar surface area (TPSA) is 83.7 Å². The number of rotatable bonds is 6. The number of amides is 1. The number of esters is 1. The number of H-pyrrole nitrogens is 1. The molecular formula is C21H27N3O4. The average Bonchev–Trinajstić information content (AvgIpc) is 3.05. The smallest absolute Gasteiger partial charge is 0.339 e. The molecule has 0 bridgehead atoms. The zero-order valence-corrected chi connectivity index (χ0v) is 16.6. The van der Waals surface area contributed by atoms with Crippen LogP contribution in [0, 0.1) is 6.92 Å². The highest BCUT2D eigenvalue weighted by molar-refractivity contribution is 6.06. The van der Waals surface area contributed by atoms with Crippen LogP contribution in [-0.2, 0) is 22.4 Å². The van der Waals surface area contributed by atoms with E-state index in [1.54, 1.807) is 6.92 Å². The summed E-state index contributed by atoms with van der Waals surface area (Å²) in [6.07, 6.45) is 0.605. The van der Waals surface area contributed by atoms with Gasteiger partial charge in [0.2, 0.25) is 0 Å². The number of morpholine rings is 1. The lowest BCUT2D eigenvalue weighted by Crippen LogP contribution is -2.35. The summed E-state index contributed by atoms with van der Waals surface area (Å²) >= 11 is 0. The predicted octanol–water partition coefficient (Wildman–Crippen LogP) is 2.76. The standard InChI is InChI=1S/C21H27N3O4/c1-4-17-18(21(26)27-3)14(2)19(23-17)20(25)22-16-7-5-6-15(12-16)13-24-8-10-28-11-9-24/h5-7,12,23H,4,8-11,13H2,1-3H3,(H,22,25). The Morgan fingerprint density at radius 3 is 2.71 bits per heavy atom. The number of aromatic amines is 1. The van der Waals surface area contributed by atoms with Crippen LogP contribution < -0.4 is 5.32 Å². The molecule has 3 rings (SSSR count). The van der Waals surface area contributed by atoms with Crippen molar-refractivity contribution in [3.05, 3.63) is 52.3 Å². The van der Waals surface area contributed by atoms with Crippen molar-refractivity contribution in [2.45, 2.75) is 26.8 Å². The highest BCUT2D eigenvalue weighted by Gasteiger charge is 2.23. The van der Waals surface area contributed by atoms with Gasteiger partial charge < -0.3 is 19.8 Å². The highest BCUT2D eigenvalue weighted by atomic mass is 16.5. The lowest BCUT2D eigenvalue weighted by molar-refractivity contribution is 0.0342. The van der Waals surface area contributed by atoms with E-state index in [1.165, 1.54) is 7.11 Å². The van der Waals surface area contributed by atoms with Crippen LogP contribution in [0.25, 0.3) is 0 Å². The first-order chi connectivity index (χ1) is 13.5. The molecule has 1 saturated heterocycles. The van der Waals surface area contributed by atoms with Gasteiger partial charge in [-0.1, -0.05) is 19.1 Å². The molecule has 0 atom stereocenters. The molecule has 2 heterocycles. The Hall–Kier alpha value is -2.64. The second kappa shape index (κ2) is 9.03. The van der Waals surface area contributed by atoms with Crippen LogP contribution >= 0.6 is 0 Å². The molecule has 0 radical (unpaired) electrons. The second-order valence-electron chi connectivity index (χ2n) is 6.87. The summed E-state index contributed by atoms with van der Waals surface area (Å²) < 4.78 is 10.2.